The summed E-state index contributed by atoms with van der Waals surface area (Å²) in [6.45, 7) is 0. The zero-order valence-corrected chi connectivity index (χ0v) is 9.40. The number of ether oxygens (including phenoxy) is 2. The van der Waals surface area contributed by atoms with E-state index in [2.05, 4.69) is 4.74 Å². The number of benzene rings is 1. The molecule has 0 aliphatic carbocycles. The maximum atomic E-state index is 13.4. The van der Waals surface area contributed by atoms with E-state index in [1.54, 1.807) is 0 Å². The predicted molar refractivity (Wildman–Crippen MR) is 59.4 cm³/mol. The van der Waals surface area contributed by atoms with Gasteiger partial charge in [0.25, 0.3) is 0 Å². The summed E-state index contributed by atoms with van der Waals surface area (Å²) in [5.41, 5.74) is 0.248. The number of aldehydes is 1. The molecule has 1 aromatic carbocycles. The number of carbonyl (C=O) groups excluding carboxylic acids is 2. The van der Waals surface area contributed by atoms with Gasteiger partial charge < -0.3 is 9.47 Å². The first kappa shape index (κ1) is 12.9. The SMILES string of the molecule is COC(=O)/C=C/c1cc(F)c(C=O)c(OC)c1. The largest absolute Gasteiger partial charge is 0.496 e. The molecule has 0 heterocycles. The molecule has 0 aliphatic rings. The highest BCUT2D eigenvalue weighted by molar-refractivity contribution is 5.87. The van der Waals surface area contributed by atoms with Gasteiger partial charge in [-0.2, -0.15) is 0 Å². The van der Waals surface area contributed by atoms with Crippen molar-refractivity contribution in [3.05, 3.63) is 35.2 Å². The third-order valence-electron chi connectivity index (χ3n) is 2.06. The number of hydrogen-bond acceptors (Lipinski definition) is 4. The molecule has 90 valence electrons. The average Bonchev–Trinajstić information content (AvgIpc) is 2.34. The zero-order valence-electron chi connectivity index (χ0n) is 9.40. The molecule has 1 aromatic rings. The molecule has 0 saturated carbocycles. The van der Waals surface area contributed by atoms with Crippen molar-refractivity contribution in [2.24, 2.45) is 0 Å². The van der Waals surface area contributed by atoms with Gasteiger partial charge in [-0.15, -0.1) is 0 Å². The van der Waals surface area contributed by atoms with Crippen LogP contribution in [0.2, 0.25) is 0 Å². The Balaban J connectivity index is 3.11. The molecule has 0 atom stereocenters. The average molecular weight is 238 g/mol. The molecule has 0 spiro atoms. The van der Waals surface area contributed by atoms with Crippen molar-refractivity contribution in [1.82, 2.24) is 0 Å². The molecule has 5 heteroatoms. The van der Waals surface area contributed by atoms with Crippen molar-refractivity contribution >= 4 is 18.3 Å². The van der Waals surface area contributed by atoms with Crippen LogP contribution < -0.4 is 4.74 Å². The molecule has 0 fully saturated rings. The maximum Gasteiger partial charge on any atom is 0.330 e. The molecule has 0 saturated heterocycles. The lowest BCUT2D eigenvalue weighted by Crippen LogP contribution is -1.96. The first-order valence-electron chi connectivity index (χ1n) is 4.71. The second-order valence-corrected chi connectivity index (χ2v) is 3.09. The lowest BCUT2D eigenvalue weighted by atomic mass is 10.1. The van der Waals surface area contributed by atoms with Crippen LogP contribution in [-0.4, -0.2) is 26.5 Å². The van der Waals surface area contributed by atoms with Crippen LogP contribution in [0, 0.1) is 5.82 Å². The van der Waals surface area contributed by atoms with Gasteiger partial charge in [0.1, 0.15) is 11.6 Å². The smallest absolute Gasteiger partial charge is 0.330 e. The minimum Gasteiger partial charge on any atom is -0.496 e. The van der Waals surface area contributed by atoms with E-state index in [0.717, 1.165) is 12.1 Å². The van der Waals surface area contributed by atoms with Crippen molar-refractivity contribution < 1.29 is 23.5 Å². The molecule has 0 unspecified atom stereocenters. The number of carbonyl (C=O) groups is 2. The van der Waals surface area contributed by atoms with Crippen molar-refractivity contribution in [2.45, 2.75) is 0 Å². The van der Waals surface area contributed by atoms with Gasteiger partial charge in [0.2, 0.25) is 0 Å². The van der Waals surface area contributed by atoms with Crippen LogP contribution in [0.15, 0.2) is 18.2 Å². The summed E-state index contributed by atoms with van der Waals surface area (Å²) in [4.78, 5) is 21.5. The summed E-state index contributed by atoms with van der Waals surface area (Å²) in [5.74, 6) is -1.14. The van der Waals surface area contributed by atoms with Crippen LogP contribution >= 0.6 is 0 Å². The number of methoxy groups -OCH3 is 2. The summed E-state index contributed by atoms with van der Waals surface area (Å²) >= 11 is 0. The molecule has 17 heavy (non-hydrogen) atoms. The Labute approximate surface area is 97.6 Å². The lowest BCUT2D eigenvalue weighted by molar-refractivity contribution is -0.134. The summed E-state index contributed by atoms with van der Waals surface area (Å²) in [6.07, 6.45) is 2.89. The Hall–Kier alpha value is -2.17. The Bertz CT molecular complexity index is 466. The highest BCUT2D eigenvalue weighted by Crippen LogP contribution is 2.22. The standard InChI is InChI=1S/C12H11FO4/c1-16-11-6-8(3-4-12(15)17-2)5-10(13)9(11)7-14/h3-7H,1-2H3/b4-3+. The lowest BCUT2D eigenvalue weighted by Gasteiger charge is -2.05. The van der Waals surface area contributed by atoms with Crippen LogP contribution in [0.5, 0.6) is 5.75 Å². The van der Waals surface area contributed by atoms with Crippen molar-refractivity contribution in [2.75, 3.05) is 14.2 Å². The Morgan fingerprint density at radius 2 is 2.06 bits per heavy atom. The normalized spacial score (nSPS) is 10.3. The Morgan fingerprint density at radius 3 is 2.59 bits per heavy atom. The quantitative estimate of drug-likeness (QED) is 0.456. The van der Waals surface area contributed by atoms with Gasteiger partial charge in [0, 0.05) is 6.08 Å². The van der Waals surface area contributed by atoms with E-state index < -0.39 is 11.8 Å². The van der Waals surface area contributed by atoms with Crippen molar-refractivity contribution in [3.63, 3.8) is 0 Å². The van der Waals surface area contributed by atoms with Crippen LogP contribution in [-0.2, 0) is 9.53 Å². The Kier molecular flexibility index (Phi) is 4.39. The monoisotopic (exact) mass is 238 g/mol. The fraction of sp³-hybridized carbons (Fsp3) is 0.167. The van der Waals surface area contributed by atoms with Gasteiger partial charge in [-0.3, -0.25) is 4.79 Å². The second kappa shape index (κ2) is 5.79. The topological polar surface area (TPSA) is 52.6 Å². The van der Waals surface area contributed by atoms with Gasteiger partial charge in [-0.05, 0) is 23.8 Å². The third-order valence-corrected chi connectivity index (χ3v) is 2.06. The summed E-state index contributed by atoms with van der Waals surface area (Å²) in [7, 11) is 2.57. The highest BCUT2D eigenvalue weighted by Gasteiger charge is 2.09. The van der Waals surface area contributed by atoms with Gasteiger partial charge in [0.05, 0.1) is 19.8 Å². The van der Waals surface area contributed by atoms with E-state index in [1.807, 2.05) is 0 Å². The van der Waals surface area contributed by atoms with Crippen molar-refractivity contribution in [1.29, 1.82) is 0 Å². The first-order valence-corrected chi connectivity index (χ1v) is 4.71. The van der Waals surface area contributed by atoms with Gasteiger partial charge >= 0.3 is 5.97 Å². The molecule has 0 bridgehead atoms. The van der Waals surface area contributed by atoms with Gasteiger partial charge in [-0.1, -0.05) is 0 Å². The molecular formula is C12H11FO4. The van der Waals surface area contributed by atoms with E-state index in [-0.39, 0.29) is 11.3 Å². The van der Waals surface area contributed by atoms with Gasteiger partial charge in [0.15, 0.2) is 6.29 Å². The number of halogens is 1. The minimum atomic E-state index is -0.705. The number of rotatable bonds is 4. The van der Waals surface area contributed by atoms with Crippen LogP contribution in [0.1, 0.15) is 15.9 Å². The Morgan fingerprint density at radius 1 is 1.35 bits per heavy atom. The summed E-state index contributed by atoms with van der Waals surface area (Å²) < 4.78 is 22.7. The molecule has 0 aromatic heterocycles. The van der Waals surface area contributed by atoms with E-state index in [4.69, 9.17) is 4.74 Å². The van der Waals surface area contributed by atoms with E-state index in [1.165, 1.54) is 26.4 Å². The minimum absolute atomic E-state index is 0.115. The molecule has 1 rings (SSSR count). The van der Waals surface area contributed by atoms with Crippen molar-refractivity contribution in [3.8, 4) is 5.75 Å². The maximum absolute atomic E-state index is 13.4. The fourth-order valence-electron chi connectivity index (χ4n) is 1.22. The number of esters is 1. The zero-order chi connectivity index (χ0) is 12.8. The molecule has 4 nitrogen and oxygen atoms in total. The third kappa shape index (κ3) is 3.14. The van der Waals surface area contributed by atoms with Gasteiger partial charge in [-0.25, -0.2) is 9.18 Å². The van der Waals surface area contributed by atoms with E-state index >= 15 is 0 Å². The van der Waals surface area contributed by atoms with E-state index in [9.17, 15) is 14.0 Å². The molecular weight excluding hydrogens is 227 g/mol. The summed E-state index contributed by atoms with van der Waals surface area (Å²) in [5, 5.41) is 0. The predicted octanol–water partition coefficient (Wildman–Crippen LogP) is 1.83. The molecule has 0 radical (unpaired) electrons. The molecule has 0 aliphatic heterocycles. The van der Waals surface area contributed by atoms with Crippen LogP contribution in [0.25, 0.3) is 6.08 Å². The van der Waals surface area contributed by atoms with Crippen LogP contribution in [0.4, 0.5) is 4.39 Å². The summed E-state index contributed by atoms with van der Waals surface area (Å²) in [6, 6.07) is 2.58. The fourth-order valence-corrected chi connectivity index (χ4v) is 1.22. The molecule has 0 N–H and O–H groups in total. The first-order chi connectivity index (χ1) is 8.12. The van der Waals surface area contributed by atoms with E-state index in [0.29, 0.717) is 11.8 Å². The molecule has 0 amide bonds. The number of hydrogen-bond donors (Lipinski definition) is 0. The van der Waals surface area contributed by atoms with Crippen LogP contribution in [0.3, 0.4) is 0 Å². The highest BCUT2D eigenvalue weighted by atomic mass is 19.1. The second-order valence-electron chi connectivity index (χ2n) is 3.09.